The Morgan fingerprint density at radius 3 is 2.36 bits per heavy atom. The number of hydrogen-bond donors (Lipinski definition) is 1. The molecule has 1 aliphatic heterocycles. The van der Waals surface area contributed by atoms with Crippen LogP contribution in [0.3, 0.4) is 0 Å². The molecule has 6 heteroatoms. The number of carboxylic acids is 1. The normalized spacial score (nSPS) is 18.7. The molecule has 0 saturated carbocycles. The van der Waals surface area contributed by atoms with Crippen molar-refractivity contribution in [3.05, 3.63) is 66.2 Å². The molecule has 1 atom stereocenters. The fourth-order valence-corrected chi connectivity index (χ4v) is 3.76. The zero-order valence-electron chi connectivity index (χ0n) is 13.5. The number of carboxylic acid groups (broad SMARTS) is 1. The maximum Gasteiger partial charge on any atom is 0.305 e. The van der Waals surface area contributed by atoms with Crippen LogP contribution in [-0.4, -0.2) is 38.8 Å². The van der Waals surface area contributed by atoms with E-state index in [4.69, 9.17) is 5.11 Å². The number of amides is 1. The number of amidine groups is 1. The Kier molecular flexibility index (Phi) is 5.50. The van der Waals surface area contributed by atoms with Gasteiger partial charge in [0.15, 0.2) is 5.17 Å². The molecule has 1 aliphatic rings. The van der Waals surface area contributed by atoms with Crippen LogP contribution >= 0.6 is 11.8 Å². The molecule has 0 aromatic heterocycles. The summed E-state index contributed by atoms with van der Waals surface area (Å²) in [6.45, 7) is 0.484. The van der Waals surface area contributed by atoms with Gasteiger partial charge in [-0.05, 0) is 24.1 Å². The summed E-state index contributed by atoms with van der Waals surface area (Å²) in [5.41, 5.74) is 1.87. The molecule has 1 saturated heterocycles. The Balaban J connectivity index is 1.80. The van der Waals surface area contributed by atoms with Crippen LogP contribution in [0.5, 0.6) is 0 Å². The highest BCUT2D eigenvalue weighted by molar-refractivity contribution is 8.15. The van der Waals surface area contributed by atoms with Crippen LogP contribution in [0.4, 0.5) is 5.69 Å². The van der Waals surface area contributed by atoms with Gasteiger partial charge in [0.2, 0.25) is 5.91 Å². The van der Waals surface area contributed by atoms with Crippen LogP contribution in [0.1, 0.15) is 12.0 Å². The van der Waals surface area contributed by atoms with E-state index in [0.717, 1.165) is 11.3 Å². The van der Waals surface area contributed by atoms with Gasteiger partial charge in [-0.15, -0.1) is 0 Å². The number of carbonyl (C=O) groups is 2. The monoisotopic (exact) mass is 354 g/mol. The third-order valence-corrected chi connectivity index (χ3v) is 5.00. The fraction of sp³-hybridized carbons (Fsp3) is 0.211. The molecule has 2 aromatic rings. The van der Waals surface area contributed by atoms with Gasteiger partial charge in [0.05, 0.1) is 12.1 Å². The second kappa shape index (κ2) is 7.98. The summed E-state index contributed by atoms with van der Waals surface area (Å²) < 4.78 is 0. The lowest BCUT2D eigenvalue weighted by Crippen LogP contribution is -2.34. The second-order valence-electron chi connectivity index (χ2n) is 5.66. The van der Waals surface area contributed by atoms with Crippen LogP contribution in [-0.2, 0) is 16.0 Å². The van der Waals surface area contributed by atoms with E-state index in [2.05, 4.69) is 4.99 Å². The smallest absolute Gasteiger partial charge is 0.305 e. The van der Waals surface area contributed by atoms with Crippen LogP contribution in [0.15, 0.2) is 65.7 Å². The highest BCUT2D eigenvalue weighted by atomic mass is 32.2. The first kappa shape index (κ1) is 17.2. The van der Waals surface area contributed by atoms with Crippen molar-refractivity contribution in [1.29, 1.82) is 0 Å². The van der Waals surface area contributed by atoms with Gasteiger partial charge < -0.3 is 5.11 Å². The van der Waals surface area contributed by atoms with Crippen LogP contribution in [0, 0.1) is 0 Å². The van der Waals surface area contributed by atoms with Gasteiger partial charge in [-0.2, -0.15) is 0 Å². The van der Waals surface area contributed by atoms with E-state index in [0.29, 0.717) is 18.1 Å². The van der Waals surface area contributed by atoms with Gasteiger partial charge in [0.1, 0.15) is 5.25 Å². The quantitative estimate of drug-likeness (QED) is 0.864. The highest BCUT2D eigenvalue weighted by Crippen LogP contribution is 2.31. The van der Waals surface area contributed by atoms with Gasteiger partial charge in [0, 0.05) is 6.54 Å². The Labute approximate surface area is 150 Å². The van der Waals surface area contributed by atoms with Crippen LogP contribution in [0.2, 0.25) is 0 Å². The molecule has 2 aromatic carbocycles. The second-order valence-corrected chi connectivity index (χ2v) is 6.83. The Hall–Kier alpha value is -2.60. The molecular weight excluding hydrogens is 336 g/mol. The number of para-hydroxylation sites is 1. The van der Waals surface area contributed by atoms with Crippen molar-refractivity contribution < 1.29 is 14.7 Å². The minimum absolute atomic E-state index is 0.182. The highest BCUT2D eigenvalue weighted by Gasteiger charge is 2.38. The number of nitrogens with zero attached hydrogens (tertiary/aromatic N) is 2. The van der Waals surface area contributed by atoms with Crippen molar-refractivity contribution >= 4 is 34.5 Å². The van der Waals surface area contributed by atoms with Crippen LogP contribution in [0.25, 0.3) is 0 Å². The molecule has 0 spiro atoms. The molecule has 5 nitrogen and oxygen atoms in total. The van der Waals surface area contributed by atoms with Crippen molar-refractivity contribution in [2.45, 2.75) is 18.1 Å². The first-order valence-electron chi connectivity index (χ1n) is 8.01. The third-order valence-electron chi connectivity index (χ3n) is 3.83. The number of benzene rings is 2. The topological polar surface area (TPSA) is 70.0 Å². The van der Waals surface area contributed by atoms with E-state index >= 15 is 0 Å². The fourth-order valence-electron chi connectivity index (χ4n) is 2.59. The number of aliphatic carboxylic acids is 1. The maximum atomic E-state index is 12.6. The molecule has 3 rings (SSSR count). The summed E-state index contributed by atoms with van der Waals surface area (Å²) in [4.78, 5) is 29.8. The number of carbonyl (C=O) groups excluding carboxylic acids is 1. The molecule has 1 amide bonds. The number of aliphatic imine (C=N–C) groups is 1. The largest absolute Gasteiger partial charge is 0.481 e. The van der Waals surface area contributed by atoms with Crippen LogP contribution < -0.4 is 0 Å². The molecule has 25 heavy (non-hydrogen) atoms. The minimum Gasteiger partial charge on any atom is -0.481 e. The summed E-state index contributed by atoms with van der Waals surface area (Å²) in [6, 6.07) is 19.3. The molecule has 1 fully saturated rings. The summed E-state index contributed by atoms with van der Waals surface area (Å²) in [5.74, 6) is -1.16. The number of rotatable bonds is 6. The molecule has 0 radical (unpaired) electrons. The predicted octanol–water partition coefficient (Wildman–Crippen LogP) is 3.34. The van der Waals surface area contributed by atoms with Gasteiger partial charge in [-0.3, -0.25) is 14.5 Å². The molecular formula is C19H18N2O3S. The van der Waals surface area contributed by atoms with Crippen molar-refractivity contribution in [2.75, 3.05) is 6.54 Å². The lowest BCUT2D eigenvalue weighted by molar-refractivity contribution is -0.139. The van der Waals surface area contributed by atoms with E-state index in [1.165, 1.54) is 11.8 Å². The third kappa shape index (κ3) is 4.48. The summed E-state index contributed by atoms with van der Waals surface area (Å²) >= 11 is 1.23. The Morgan fingerprint density at radius 1 is 1.08 bits per heavy atom. The summed E-state index contributed by atoms with van der Waals surface area (Å²) in [7, 11) is 0. The van der Waals surface area contributed by atoms with E-state index in [1.54, 1.807) is 4.90 Å². The zero-order valence-corrected chi connectivity index (χ0v) is 14.4. The molecule has 128 valence electrons. The molecule has 1 N–H and O–H groups in total. The van der Waals surface area contributed by atoms with E-state index < -0.39 is 11.2 Å². The lowest BCUT2D eigenvalue weighted by atomic mass is 10.1. The summed E-state index contributed by atoms with van der Waals surface area (Å²) in [5, 5.41) is 8.99. The Bertz CT molecular complexity index is 778. The molecule has 0 aliphatic carbocycles. The first-order chi connectivity index (χ1) is 12.1. The molecule has 0 bridgehead atoms. The van der Waals surface area contributed by atoms with Gasteiger partial charge in [-0.1, -0.05) is 60.3 Å². The number of hydrogen-bond acceptors (Lipinski definition) is 4. The average molecular weight is 354 g/mol. The van der Waals surface area contributed by atoms with E-state index in [-0.39, 0.29) is 12.3 Å². The van der Waals surface area contributed by atoms with Gasteiger partial charge in [0.25, 0.3) is 0 Å². The van der Waals surface area contributed by atoms with Gasteiger partial charge in [-0.25, -0.2) is 4.99 Å². The van der Waals surface area contributed by atoms with Crippen molar-refractivity contribution in [1.82, 2.24) is 4.90 Å². The van der Waals surface area contributed by atoms with E-state index in [1.807, 2.05) is 60.7 Å². The van der Waals surface area contributed by atoms with Crippen molar-refractivity contribution in [2.24, 2.45) is 4.99 Å². The first-order valence-corrected chi connectivity index (χ1v) is 8.89. The standard InChI is InChI=1S/C19H18N2O3S/c22-17(23)13-16-18(24)21(12-11-14-7-3-1-4-8-14)19(25-16)20-15-9-5-2-6-10-15/h1-10,16H,11-13H2,(H,22,23)/t16-/m1/s1. The van der Waals surface area contributed by atoms with Gasteiger partial charge >= 0.3 is 5.97 Å². The maximum absolute atomic E-state index is 12.6. The summed E-state index contributed by atoms with van der Waals surface area (Å²) in [6.07, 6.45) is 0.500. The zero-order chi connectivity index (χ0) is 17.6. The number of thioether (sulfide) groups is 1. The lowest BCUT2D eigenvalue weighted by Gasteiger charge is -2.16. The molecule has 0 unspecified atom stereocenters. The predicted molar refractivity (Wildman–Crippen MR) is 99.0 cm³/mol. The Morgan fingerprint density at radius 2 is 1.72 bits per heavy atom. The average Bonchev–Trinajstić information content (AvgIpc) is 2.89. The SMILES string of the molecule is O=C(O)C[C@H]1SC(=Nc2ccccc2)N(CCc2ccccc2)C1=O. The minimum atomic E-state index is -0.977. The van der Waals surface area contributed by atoms with Crippen molar-refractivity contribution in [3.63, 3.8) is 0 Å². The molecule has 1 heterocycles. The van der Waals surface area contributed by atoms with Crippen molar-refractivity contribution in [3.8, 4) is 0 Å². The van der Waals surface area contributed by atoms with E-state index in [9.17, 15) is 9.59 Å².